The minimum absolute atomic E-state index is 0.326. The summed E-state index contributed by atoms with van der Waals surface area (Å²) in [6.07, 6.45) is 15.6. The standard InChI is InChI=1S/C20H21N/c1-3-21-15-19(17-10-6-4-7-11-17)16(2)14-20(21)18-12-8-5-9-13-18/h3-6,8-10,12-15,20H,1,7,11H2,2H3/p+1. The Hall–Kier alpha value is -2.12. The topological polar surface area (TPSA) is 4.44 Å². The van der Waals surface area contributed by atoms with Crippen molar-refractivity contribution >= 4 is 0 Å². The third-order valence-electron chi connectivity index (χ3n) is 4.27. The van der Waals surface area contributed by atoms with Crippen molar-refractivity contribution in [3.05, 3.63) is 95.9 Å². The number of allylic oxidation sites excluding steroid dienone is 6. The predicted molar refractivity (Wildman–Crippen MR) is 88.6 cm³/mol. The second kappa shape index (κ2) is 6.11. The van der Waals surface area contributed by atoms with E-state index in [0.29, 0.717) is 6.04 Å². The Morgan fingerprint density at radius 1 is 1.24 bits per heavy atom. The number of quaternary nitrogens is 1. The van der Waals surface area contributed by atoms with Gasteiger partial charge in [-0.05, 0) is 43.6 Å². The summed E-state index contributed by atoms with van der Waals surface area (Å²) < 4.78 is 0. The van der Waals surface area contributed by atoms with Gasteiger partial charge in [0.2, 0.25) is 0 Å². The van der Waals surface area contributed by atoms with E-state index >= 15 is 0 Å². The van der Waals surface area contributed by atoms with Gasteiger partial charge in [0, 0.05) is 11.1 Å². The van der Waals surface area contributed by atoms with Gasteiger partial charge in [-0.2, -0.15) is 0 Å². The normalized spacial score (nSPS) is 24.9. The van der Waals surface area contributed by atoms with Crippen molar-refractivity contribution in [2.45, 2.75) is 25.8 Å². The predicted octanol–water partition coefficient (Wildman–Crippen LogP) is 3.88. The summed E-state index contributed by atoms with van der Waals surface area (Å²) in [4.78, 5) is 1.29. The molecular weight excluding hydrogens is 254 g/mol. The number of hydrogen-bond donors (Lipinski definition) is 1. The van der Waals surface area contributed by atoms with Crippen molar-refractivity contribution in [2.24, 2.45) is 0 Å². The van der Waals surface area contributed by atoms with Gasteiger partial charge in [-0.15, -0.1) is 0 Å². The molecule has 3 rings (SSSR count). The van der Waals surface area contributed by atoms with Crippen molar-refractivity contribution in [1.82, 2.24) is 0 Å². The Kier molecular flexibility index (Phi) is 4.03. The zero-order valence-corrected chi connectivity index (χ0v) is 12.5. The second-order valence-corrected chi connectivity index (χ2v) is 5.66. The Labute approximate surface area is 127 Å². The molecule has 1 aliphatic carbocycles. The van der Waals surface area contributed by atoms with Crippen LogP contribution in [0.25, 0.3) is 0 Å². The molecule has 0 bridgehead atoms. The first-order valence-electron chi connectivity index (χ1n) is 7.60. The third kappa shape index (κ3) is 2.84. The van der Waals surface area contributed by atoms with Crippen LogP contribution in [0.2, 0.25) is 0 Å². The van der Waals surface area contributed by atoms with Gasteiger partial charge < -0.3 is 0 Å². The highest BCUT2D eigenvalue weighted by Gasteiger charge is 2.26. The lowest BCUT2D eigenvalue weighted by atomic mass is 9.88. The van der Waals surface area contributed by atoms with Gasteiger partial charge in [0.15, 0.2) is 0 Å². The Morgan fingerprint density at radius 2 is 2.05 bits per heavy atom. The van der Waals surface area contributed by atoms with E-state index in [4.69, 9.17) is 0 Å². The van der Waals surface area contributed by atoms with Crippen LogP contribution in [0.5, 0.6) is 0 Å². The molecule has 2 unspecified atom stereocenters. The van der Waals surface area contributed by atoms with Crippen LogP contribution >= 0.6 is 0 Å². The van der Waals surface area contributed by atoms with E-state index in [0.717, 1.165) is 12.8 Å². The maximum Gasteiger partial charge on any atom is 0.141 e. The van der Waals surface area contributed by atoms with E-state index in [1.807, 2.05) is 6.20 Å². The molecular formula is C20H22N+. The van der Waals surface area contributed by atoms with Crippen molar-refractivity contribution in [3.8, 4) is 0 Å². The Balaban J connectivity index is 1.96. The lowest BCUT2D eigenvalue weighted by Crippen LogP contribution is -3.03. The molecule has 1 nitrogen and oxygen atoms in total. The largest absolute Gasteiger partial charge is 0.273 e. The van der Waals surface area contributed by atoms with Crippen molar-refractivity contribution in [3.63, 3.8) is 0 Å². The molecule has 1 aliphatic heterocycles. The SMILES string of the molecule is C=C[NH+]1C=C(C2=CC=CCC2)C(C)=CC1c1ccccc1. The van der Waals surface area contributed by atoms with Crippen LogP contribution < -0.4 is 4.90 Å². The van der Waals surface area contributed by atoms with Crippen LogP contribution in [0, 0.1) is 0 Å². The fourth-order valence-electron chi connectivity index (χ4n) is 3.11. The zero-order valence-electron chi connectivity index (χ0n) is 12.5. The fraction of sp³-hybridized carbons (Fsp3) is 0.200. The molecule has 21 heavy (non-hydrogen) atoms. The third-order valence-corrected chi connectivity index (χ3v) is 4.27. The van der Waals surface area contributed by atoms with Gasteiger partial charge in [-0.25, -0.2) is 0 Å². The molecule has 0 radical (unpaired) electrons. The average molecular weight is 276 g/mol. The first kappa shape index (κ1) is 13.8. The van der Waals surface area contributed by atoms with Gasteiger partial charge in [0.05, 0.1) is 6.20 Å². The summed E-state index contributed by atoms with van der Waals surface area (Å²) in [5, 5.41) is 0. The molecule has 1 heterocycles. The first-order chi connectivity index (χ1) is 10.3. The Bertz CT molecular complexity index is 644. The second-order valence-electron chi connectivity index (χ2n) is 5.66. The zero-order chi connectivity index (χ0) is 14.7. The summed E-state index contributed by atoms with van der Waals surface area (Å²) >= 11 is 0. The highest BCUT2D eigenvalue weighted by Crippen LogP contribution is 2.29. The molecule has 1 aromatic rings. The highest BCUT2D eigenvalue weighted by molar-refractivity contribution is 5.49. The molecule has 2 aliphatic rings. The maximum absolute atomic E-state index is 4.02. The number of hydrogen-bond acceptors (Lipinski definition) is 0. The van der Waals surface area contributed by atoms with Gasteiger partial charge in [-0.3, -0.25) is 4.90 Å². The van der Waals surface area contributed by atoms with Crippen LogP contribution in [0.4, 0.5) is 0 Å². The van der Waals surface area contributed by atoms with Crippen LogP contribution in [0.3, 0.4) is 0 Å². The number of nitrogens with one attached hydrogen (secondary N) is 1. The fourth-order valence-corrected chi connectivity index (χ4v) is 3.11. The summed E-state index contributed by atoms with van der Waals surface area (Å²) in [5.41, 5.74) is 5.52. The average Bonchev–Trinajstić information content (AvgIpc) is 2.56. The molecule has 106 valence electrons. The van der Waals surface area contributed by atoms with Crippen LogP contribution in [0.1, 0.15) is 31.4 Å². The molecule has 1 N–H and O–H groups in total. The van der Waals surface area contributed by atoms with Crippen LogP contribution in [-0.2, 0) is 0 Å². The van der Waals surface area contributed by atoms with E-state index in [1.54, 1.807) is 0 Å². The minimum Gasteiger partial charge on any atom is -0.273 e. The molecule has 0 saturated heterocycles. The molecule has 1 aromatic carbocycles. The molecule has 0 amide bonds. The van der Waals surface area contributed by atoms with E-state index in [1.165, 1.54) is 27.2 Å². The van der Waals surface area contributed by atoms with Gasteiger partial charge in [0.25, 0.3) is 0 Å². The van der Waals surface area contributed by atoms with Crippen molar-refractivity contribution in [2.75, 3.05) is 0 Å². The van der Waals surface area contributed by atoms with E-state index < -0.39 is 0 Å². The summed E-state index contributed by atoms with van der Waals surface area (Å²) in [7, 11) is 0. The van der Waals surface area contributed by atoms with Gasteiger partial charge in [0.1, 0.15) is 12.2 Å². The van der Waals surface area contributed by atoms with E-state index in [9.17, 15) is 0 Å². The molecule has 2 atom stereocenters. The highest BCUT2D eigenvalue weighted by atomic mass is 15.1. The first-order valence-corrected chi connectivity index (χ1v) is 7.60. The maximum atomic E-state index is 4.02. The van der Waals surface area contributed by atoms with Crippen molar-refractivity contribution in [1.29, 1.82) is 0 Å². The van der Waals surface area contributed by atoms with Gasteiger partial charge in [-0.1, -0.05) is 48.6 Å². The smallest absolute Gasteiger partial charge is 0.141 e. The number of benzene rings is 1. The van der Waals surface area contributed by atoms with E-state index in [-0.39, 0.29) is 0 Å². The van der Waals surface area contributed by atoms with E-state index in [2.05, 4.69) is 74.3 Å². The minimum atomic E-state index is 0.326. The quantitative estimate of drug-likeness (QED) is 0.854. The van der Waals surface area contributed by atoms with Crippen LogP contribution in [-0.4, -0.2) is 0 Å². The molecule has 0 saturated carbocycles. The molecule has 0 aromatic heterocycles. The van der Waals surface area contributed by atoms with Crippen LogP contribution in [0.15, 0.2) is 90.3 Å². The molecule has 0 fully saturated rings. The molecule has 0 spiro atoms. The Morgan fingerprint density at radius 3 is 2.71 bits per heavy atom. The number of rotatable bonds is 3. The lowest BCUT2D eigenvalue weighted by Gasteiger charge is -2.27. The van der Waals surface area contributed by atoms with Crippen molar-refractivity contribution < 1.29 is 4.90 Å². The van der Waals surface area contributed by atoms with Gasteiger partial charge >= 0.3 is 0 Å². The summed E-state index contributed by atoms with van der Waals surface area (Å²) in [5.74, 6) is 0. The molecule has 1 heteroatoms. The monoisotopic (exact) mass is 276 g/mol. The summed E-state index contributed by atoms with van der Waals surface area (Å²) in [6.45, 7) is 6.24. The lowest BCUT2D eigenvalue weighted by molar-refractivity contribution is -0.819. The summed E-state index contributed by atoms with van der Waals surface area (Å²) in [6, 6.07) is 11.0.